The smallest absolute Gasteiger partial charge is 0.296 e. The Labute approximate surface area is 158 Å². The molecule has 26 heavy (non-hydrogen) atoms. The topological polar surface area (TPSA) is 15.7 Å². The van der Waals surface area contributed by atoms with E-state index in [2.05, 4.69) is 77.7 Å². The summed E-state index contributed by atoms with van der Waals surface area (Å²) in [5, 5.41) is 4.58. The molecule has 0 aliphatic carbocycles. The van der Waals surface area contributed by atoms with Gasteiger partial charge >= 0.3 is 0 Å². The van der Waals surface area contributed by atoms with Gasteiger partial charge in [-0.15, -0.1) is 0 Å². The van der Waals surface area contributed by atoms with Crippen molar-refractivity contribution in [3.05, 3.63) is 71.8 Å². The van der Waals surface area contributed by atoms with Gasteiger partial charge in [-0.25, -0.2) is 5.01 Å². The minimum atomic E-state index is -0.111. The average Bonchev–Trinajstić information content (AvgIpc) is 3.36. The highest BCUT2D eigenvalue weighted by Gasteiger charge is 2.55. The molecule has 2 fully saturated rings. The Balaban J connectivity index is 1.80. The lowest BCUT2D eigenvalue weighted by atomic mass is 9.36. The van der Waals surface area contributed by atoms with Crippen LogP contribution in [0.3, 0.4) is 0 Å². The van der Waals surface area contributed by atoms with Crippen molar-refractivity contribution in [2.45, 2.75) is 44.2 Å². The zero-order valence-corrected chi connectivity index (χ0v) is 15.8. The summed E-state index contributed by atoms with van der Waals surface area (Å²) in [7, 11) is 0. The summed E-state index contributed by atoms with van der Waals surface area (Å²) in [6, 6.07) is 22.0. The van der Waals surface area contributed by atoms with E-state index in [1.165, 1.54) is 36.8 Å². The highest BCUT2D eigenvalue weighted by Crippen LogP contribution is 2.43. The molecule has 0 N–H and O–H groups in total. The van der Waals surface area contributed by atoms with Gasteiger partial charge in [-0.1, -0.05) is 86.7 Å². The molecule has 0 spiro atoms. The van der Waals surface area contributed by atoms with Crippen molar-refractivity contribution in [3.63, 3.8) is 0 Å². The third-order valence-electron chi connectivity index (χ3n) is 6.03. The molecule has 2 aromatic carbocycles. The standard InChI is InChI=1S/C22H29BN2O/c1-2-3-16-23-22(20-12-6-4-7-13-20,21-14-8-5-9-15-21)19-26-25(23)24-17-10-11-18-24/h4-9,12-15H,2-3,10-11,16-19H2,1H3. The van der Waals surface area contributed by atoms with Crippen molar-refractivity contribution in [1.82, 2.24) is 10.1 Å². The van der Waals surface area contributed by atoms with Gasteiger partial charge < -0.3 is 0 Å². The van der Waals surface area contributed by atoms with Crippen molar-refractivity contribution < 1.29 is 4.84 Å². The molecule has 4 rings (SSSR count). The van der Waals surface area contributed by atoms with E-state index >= 15 is 0 Å². The highest BCUT2D eigenvalue weighted by atomic mass is 16.7. The van der Waals surface area contributed by atoms with E-state index in [1.807, 2.05) is 0 Å². The van der Waals surface area contributed by atoms with Gasteiger partial charge in [0.15, 0.2) is 0 Å². The number of unbranched alkanes of at least 4 members (excludes halogenated alkanes) is 1. The fourth-order valence-electron chi connectivity index (χ4n) is 4.66. The van der Waals surface area contributed by atoms with Gasteiger partial charge in [0.25, 0.3) is 6.85 Å². The Morgan fingerprint density at radius 3 is 2.04 bits per heavy atom. The van der Waals surface area contributed by atoms with E-state index < -0.39 is 0 Å². The SMILES string of the molecule is CCCCB1N(N2CCCC2)OCC1(c1ccccc1)c1ccccc1. The lowest BCUT2D eigenvalue weighted by Gasteiger charge is -2.37. The quantitative estimate of drug-likeness (QED) is 0.712. The summed E-state index contributed by atoms with van der Waals surface area (Å²) in [4.78, 5) is 6.43. The van der Waals surface area contributed by atoms with Crippen LogP contribution in [0.2, 0.25) is 6.32 Å². The van der Waals surface area contributed by atoms with Gasteiger partial charge in [-0.2, -0.15) is 5.08 Å². The van der Waals surface area contributed by atoms with Crippen LogP contribution in [0.15, 0.2) is 60.7 Å². The maximum Gasteiger partial charge on any atom is 0.296 e. The van der Waals surface area contributed by atoms with Crippen molar-refractivity contribution in [1.29, 1.82) is 0 Å². The Kier molecular flexibility index (Phi) is 5.44. The maximum atomic E-state index is 6.43. The lowest BCUT2D eigenvalue weighted by molar-refractivity contribution is -0.196. The highest BCUT2D eigenvalue weighted by molar-refractivity contribution is 6.60. The molecule has 2 aliphatic rings. The predicted molar refractivity (Wildman–Crippen MR) is 108 cm³/mol. The van der Waals surface area contributed by atoms with E-state index in [0.717, 1.165) is 19.4 Å². The van der Waals surface area contributed by atoms with Gasteiger partial charge in [0.1, 0.15) is 0 Å². The predicted octanol–water partition coefficient (Wildman–Crippen LogP) is 4.56. The molecule has 0 bridgehead atoms. The van der Waals surface area contributed by atoms with Crippen LogP contribution in [0, 0.1) is 0 Å². The second kappa shape index (κ2) is 7.95. The number of nitrogens with zero attached hydrogens (tertiary/aromatic N) is 2. The summed E-state index contributed by atoms with van der Waals surface area (Å²) >= 11 is 0. The van der Waals surface area contributed by atoms with Crippen LogP contribution in [-0.4, -0.2) is 36.6 Å². The van der Waals surface area contributed by atoms with Gasteiger partial charge in [-0.05, 0) is 24.0 Å². The summed E-state index contributed by atoms with van der Waals surface area (Å²) in [5.74, 6) is 0. The Bertz CT molecular complexity index is 648. The third-order valence-corrected chi connectivity index (χ3v) is 6.03. The monoisotopic (exact) mass is 348 g/mol. The van der Waals surface area contributed by atoms with Crippen LogP contribution in [0.4, 0.5) is 0 Å². The minimum Gasteiger partial charge on any atom is -0.296 e. The number of rotatable bonds is 6. The van der Waals surface area contributed by atoms with E-state index in [-0.39, 0.29) is 5.31 Å². The van der Waals surface area contributed by atoms with Gasteiger partial charge in [0, 0.05) is 18.4 Å². The zero-order chi connectivity index (χ0) is 17.8. The van der Waals surface area contributed by atoms with E-state index in [9.17, 15) is 0 Å². The first-order valence-electron chi connectivity index (χ1n) is 10.1. The van der Waals surface area contributed by atoms with Crippen molar-refractivity contribution in [3.8, 4) is 0 Å². The summed E-state index contributed by atoms with van der Waals surface area (Å²) in [6.07, 6.45) is 6.12. The van der Waals surface area contributed by atoms with Gasteiger partial charge in [-0.3, -0.25) is 4.84 Å². The fraction of sp³-hybridized carbons (Fsp3) is 0.455. The number of hydrogen-bond acceptors (Lipinski definition) is 3. The fourth-order valence-corrected chi connectivity index (χ4v) is 4.66. The first kappa shape index (κ1) is 17.8. The molecule has 2 aliphatic heterocycles. The molecular formula is C22H29BN2O. The molecule has 136 valence electrons. The molecule has 4 heteroatoms. The van der Waals surface area contributed by atoms with Crippen LogP contribution in [0.25, 0.3) is 0 Å². The van der Waals surface area contributed by atoms with E-state index in [4.69, 9.17) is 4.84 Å². The molecule has 2 heterocycles. The largest absolute Gasteiger partial charge is 0.296 e. The van der Waals surface area contributed by atoms with Crippen molar-refractivity contribution in [2.75, 3.05) is 19.7 Å². The van der Waals surface area contributed by atoms with Crippen molar-refractivity contribution in [2.24, 2.45) is 0 Å². The van der Waals surface area contributed by atoms with Crippen LogP contribution >= 0.6 is 0 Å². The Hall–Kier alpha value is -1.62. The summed E-state index contributed by atoms with van der Waals surface area (Å²) in [5.41, 5.74) is 2.74. The first-order chi connectivity index (χ1) is 12.9. The summed E-state index contributed by atoms with van der Waals surface area (Å²) < 4.78 is 0. The molecule has 0 saturated carbocycles. The van der Waals surface area contributed by atoms with Gasteiger partial charge in [0.05, 0.1) is 6.61 Å². The second-order valence-corrected chi connectivity index (χ2v) is 7.60. The molecule has 0 atom stereocenters. The van der Waals surface area contributed by atoms with Crippen LogP contribution in [-0.2, 0) is 10.2 Å². The lowest BCUT2D eigenvalue weighted by Crippen LogP contribution is -2.54. The average molecular weight is 348 g/mol. The number of hydrazine groups is 1. The van der Waals surface area contributed by atoms with Crippen molar-refractivity contribution >= 4 is 6.85 Å². The summed E-state index contributed by atoms with van der Waals surface area (Å²) in [6.45, 7) is 5.56. The number of hydrogen-bond donors (Lipinski definition) is 0. The number of benzene rings is 2. The second-order valence-electron chi connectivity index (χ2n) is 7.60. The Morgan fingerprint density at radius 1 is 0.923 bits per heavy atom. The van der Waals surface area contributed by atoms with E-state index in [0.29, 0.717) is 13.5 Å². The molecule has 2 aromatic rings. The zero-order valence-electron chi connectivity index (χ0n) is 15.8. The molecule has 3 nitrogen and oxygen atoms in total. The normalized spacial score (nSPS) is 20.7. The molecule has 0 amide bonds. The molecule has 2 saturated heterocycles. The molecule has 0 aromatic heterocycles. The minimum absolute atomic E-state index is 0.111. The van der Waals surface area contributed by atoms with E-state index in [1.54, 1.807) is 0 Å². The van der Waals surface area contributed by atoms with Crippen LogP contribution < -0.4 is 0 Å². The Morgan fingerprint density at radius 2 is 1.50 bits per heavy atom. The first-order valence-corrected chi connectivity index (χ1v) is 10.1. The third kappa shape index (κ3) is 3.11. The maximum absolute atomic E-state index is 6.43. The molecule has 0 unspecified atom stereocenters. The van der Waals surface area contributed by atoms with Crippen LogP contribution in [0.5, 0.6) is 0 Å². The molecule has 0 radical (unpaired) electrons. The molecular weight excluding hydrogens is 319 g/mol. The van der Waals surface area contributed by atoms with Gasteiger partial charge in [0.2, 0.25) is 0 Å². The van der Waals surface area contributed by atoms with Crippen LogP contribution in [0.1, 0.15) is 43.7 Å².